The molecule has 88 valence electrons. The molecule has 1 aromatic carbocycles. The van der Waals surface area contributed by atoms with E-state index in [2.05, 4.69) is 27.9 Å². The monoisotopic (exact) mass is 247 g/mol. The Labute approximate surface area is 105 Å². The Balaban J connectivity index is 2.05. The minimum Gasteiger partial charge on any atom is -0.315 e. The van der Waals surface area contributed by atoms with Crippen molar-refractivity contribution >= 4 is 11.6 Å². The minimum atomic E-state index is 0.576. The van der Waals surface area contributed by atoms with Gasteiger partial charge < -0.3 is 9.88 Å². The second-order valence-corrected chi connectivity index (χ2v) is 4.91. The van der Waals surface area contributed by atoms with Crippen molar-refractivity contribution in [3.63, 3.8) is 0 Å². The number of rotatable bonds is 2. The first kappa shape index (κ1) is 10.8. The fourth-order valence-corrected chi connectivity index (χ4v) is 2.42. The number of aromatic nitrogens is 2. The molecule has 0 atom stereocenters. The summed E-state index contributed by atoms with van der Waals surface area (Å²) in [6.45, 7) is 4.15. The van der Waals surface area contributed by atoms with Crippen LogP contribution in [0.25, 0.3) is 5.69 Å². The molecule has 0 radical (unpaired) electrons. The minimum absolute atomic E-state index is 0.576. The zero-order chi connectivity index (χ0) is 11.8. The number of halogens is 1. The van der Waals surface area contributed by atoms with Crippen LogP contribution in [0.5, 0.6) is 0 Å². The van der Waals surface area contributed by atoms with Crippen LogP contribution in [0.3, 0.4) is 0 Å². The van der Waals surface area contributed by atoms with E-state index in [0.717, 1.165) is 23.8 Å². The highest BCUT2D eigenvalue weighted by Gasteiger charge is 2.23. The highest BCUT2D eigenvalue weighted by Crippen LogP contribution is 2.25. The van der Waals surface area contributed by atoms with E-state index < -0.39 is 0 Å². The first-order valence-corrected chi connectivity index (χ1v) is 6.13. The fourth-order valence-electron chi connectivity index (χ4n) is 2.20. The third-order valence-electron chi connectivity index (χ3n) is 3.29. The van der Waals surface area contributed by atoms with Crippen molar-refractivity contribution < 1.29 is 0 Å². The number of nitrogens with one attached hydrogen (secondary N) is 1. The molecule has 3 rings (SSSR count). The Bertz CT molecular complexity index is 543. The third-order valence-corrected chi connectivity index (χ3v) is 3.52. The topological polar surface area (TPSA) is 29.9 Å². The van der Waals surface area contributed by atoms with Crippen LogP contribution in [-0.4, -0.2) is 22.6 Å². The second-order valence-electron chi connectivity index (χ2n) is 4.47. The van der Waals surface area contributed by atoms with Crippen LogP contribution in [0.2, 0.25) is 5.02 Å². The number of imidazole rings is 1. The summed E-state index contributed by atoms with van der Waals surface area (Å²) in [6.07, 6.45) is 3.84. The maximum atomic E-state index is 5.98. The molecule has 1 N–H and O–H groups in total. The standard InChI is InChI=1S/C13H14ClN3/c1-9-4-11(14)2-3-12(9)17-8-16-7-13(17)10-5-15-6-10/h2-4,7-8,10,15H,5-6H2,1H3. The van der Waals surface area contributed by atoms with Gasteiger partial charge in [-0.15, -0.1) is 0 Å². The number of nitrogens with zero attached hydrogens (tertiary/aromatic N) is 2. The molecule has 2 heterocycles. The Hall–Kier alpha value is -1.32. The maximum absolute atomic E-state index is 5.98. The van der Waals surface area contributed by atoms with Crippen LogP contribution in [0, 0.1) is 6.92 Å². The Morgan fingerprint density at radius 2 is 2.24 bits per heavy atom. The van der Waals surface area contributed by atoms with Crippen molar-refractivity contribution in [3.05, 3.63) is 47.0 Å². The van der Waals surface area contributed by atoms with Crippen molar-refractivity contribution in [2.24, 2.45) is 0 Å². The number of hydrogen-bond donors (Lipinski definition) is 1. The molecule has 2 aromatic rings. The Kier molecular flexibility index (Phi) is 2.65. The first-order chi connectivity index (χ1) is 8.25. The molecule has 0 spiro atoms. The molecule has 1 aliphatic rings. The van der Waals surface area contributed by atoms with Crippen LogP contribution in [0.1, 0.15) is 17.2 Å². The molecule has 1 fully saturated rings. The van der Waals surface area contributed by atoms with Gasteiger partial charge in [-0.1, -0.05) is 11.6 Å². The van der Waals surface area contributed by atoms with Gasteiger partial charge in [-0.05, 0) is 30.7 Å². The lowest BCUT2D eigenvalue weighted by Crippen LogP contribution is -2.40. The summed E-state index contributed by atoms with van der Waals surface area (Å²) in [5.74, 6) is 0.576. The SMILES string of the molecule is Cc1cc(Cl)ccc1-n1cncc1C1CNC1. The molecule has 1 aliphatic heterocycles. The number of hydrogen-bond acceptors (Lipinski definition) is 2. The van der Waals surface area contributed by atoms with Crippen LogP contribution >= 0.6 is 11.6 Å². The second kappa shape index (κ2) is 4.17. The summed E-state index contributed by atoms with van der Waals surface area (Å²) < 4.78 is 2.16. The van der Waals surface area contributed by atoms with Gasteiger partial charge in [-0.25, -0.2) is 4.98 Å². The van der Waals surface area contributed by atoms with E-state index in [1.54, 1.807) is 0 Å². The van der Waals surface area contributed by atoms with Crippen molar-refractivity contribution in [3.8, 4) is 5.69 Å². The van der Waals surface area contributed by atoms with E-state index in [0.29, 0.717) is 5.92 Å². The molecule has 1 aromatic heterocycles. The van der Waals surface area contributed by atoms with Gasteiger partial charge >= 0.3 is 0 Å². The number of aryl methyl sites for hydroxylation is 1. The van der Waals surface area contributed by atoms with Gasteiger partial charge in [0.1, 0.15) is 0 Å². The normalized spacial score (nSPS) is 15.9. The highest BCUT2D eigenvalue weighted by molar-refractivity contribution is 6.30. The zero-order valence-corrected chi connectivity index (χ0v) is 10.4. The zero-order valence-electron chi connectivity index (χ0n) is 9.65. The molecule has 4 heteroatoms. The summed E-state index contributed by atoms with van der Waals surface area (Å²) in [6, 6.07) is 5.96. The average molecular weight is 248 g/mol. The molecule has 0 amide bonds. The van der Waals surface area contributed by atoms with Gasteiger partial charge in [0.2, 0.25) is 0 Å². The van der Waals surface area contributed by atoms with Gasteiger partial charge in [-0.3, -0.25) is 0 Å². The molecule has 0 aliphatic carbocycles. The predicted octanol–water partition coefficient (Wildman–Crippen LogP) is 2.52. The van der Waals surface area contributed by atoms with Crippen molar-refractivity contribution in [1.82, 2.24) is 14.9 Å². The smallest absolute Gasteiger partial charge is 0.0994 e. The summed E-state index contributed by atoms with van der Waals surface area (Å²) in [5.41, 5.74) is 3.60. The molecule has 17 heavy (non-hydrogen) atoms. The van der Waals surface area contributed by atoms with Gasteiger partial charge in [-0.2, -0.15) is 0 Å². The fraction of sp³-hybridized carbons (Fsp3) is 0.308. The Morgan fingerprint density at radius 1 is 1.41 bits per heavy atom. The average Bonchev–Trinajstić information content (AvgIpc) is 2.64. The lowest BCUT2D eigenvalue weighted by Gasteiger charge is -2.28. The van der Waals surface area contributed by atoms with Gasteiger partial charge in [0.15, 0.2) is 0 Å². The van der Waals surface area contributed by atoms with Crippen molar-refractivity contribution in [2.75, 3.05) is 13.1 Å². The van der Waals surface area contributed by atoms with Crippen LogP contribution < -0.4 is 5.32 Å². The largest absolute Gasteiger partial charge is 0.315 e. The van der Waals surface area contributed by atoms with Crippen LogP contribution in [0.15, 0.2) is 30.7 Å². The lowest BCUT2D eigenvalue weighted by molar-refractivity contribution is 0.435. The van der Waals surface area contributed by atoms with Crippen LogP contribution in [0.4, 0.5) is 0 Å². The van der Waals surface area contributed by atoms with E-state index in [1.807, 2.05) is 24.7 Å². The summed E-state index contributed by atoms with van der Waals surface area (Å²) in [5, 5.41) is 4.07. The van der Waals surface area contributed by atoms with Crippen LogP contribution in [-0.2, 0) is 0 Å². The van der Waals surface area contributed by atoms with E-state index >= 15 is 0 Å². The molecule has 1 saturated heterocycles. The van der Waals surface area contributed by atoms with E-state index in [4.69, 9.17) is 11.6 Å². The van der Waals surface area contributed by atoms with Gasteiger partial charge in [0.25, 0.3) is 0 Å². The molecule has 0 unspecified atom stereocenters. The summed E-state index contributed by atoms with van der Waals surface area (Å²) in [4.78, 5) is 4.27. The van der Waals surface area contributed by atoms with E-state index in [1.165, 1.54) is 11.3 Å². The van der Waals surface area contributed by atoms with Gasteiger partial charge in [0, 0.05) is 41.6 Å². The van der Waals surface area contributed by atoms with Gasteiger partial charge in [0.05, 0.1) is 6.33 Å². The van der Waals surface area contributed by atoms with Crippen molar-refractivity contribution in [1.29, 1.82) is 0 Å². The number of benzene rings is 1. The first-order valence-electron chi connectivity index (χ1n) is 5.75. The molecular formula is C13H14ClN3. The molecule has 3 nitrogen and oxygen atoms in total. The third kappa shape index (κ3) is 1.85. The lowest BCUT2D eigenvalue weighted by atomic mass is 9.99. The maximum Gasteiger partial charge on any atom is 0.0994 e. The van der Waals surface area contributed by atoms with E-state index in [-0.39, 0.29) is 0 Å². The quantitative estimate of drug-likeness (QED) is 0.884. The predicted molar refractivity (Wildman–Crippen MR) is 68.9 cm³/mol. The molecule has 0 bridgehead atoms. The Morgan fingerprint density at radius 3 is 2.88 bits per heavy atom. The summed E-state index contributed by atoms with van der Waals surface area (Å²) >= 11 is 5.98. The molecular weight excluding hydrogens is 234 g/mol. The van der Waals surface area contributed by atoms with E-state index in [9.17, 15) is 0 Å². The highest BCUT2D eigenvalue weighted by atomic mass is 35.5. The van der Waals surface area contributed by atoms with Crippen molar-refractivity contribution in [2.45, 2.75) is 12.8 Å². The molecule has 0 saturated carbocycles. The summed E-state index contributed by atoms with van der Waals surface area (Å²) in [7, 11) is 0.